The van der Waals surface area contributed by atoms with Crippen molar-refractivity contribution in [2.75, 3.05) is 0 Å². The Morgan fingerprint density at radius 2 is 1.61 bits per heavy atom. The lowest BCUT2D eigenvalue weighted by Gasteiger charge is -2.27. The van der Waals surface area contributed by atoms with E-state index in [4.69, 9.17) is 4.74 Å². The Morgan fingerprint density at radius 1 is 0.871 bits per heavy atom. The van der Waals surface area contributed by atoms with Gasteiger partial charge >= 0.3 is 0 Å². The maximum Gasteiger partial charge on any atom is 0.131 e. The van der Waals surface area contributed by atoms with Gasteiger partial charge in [-0.1, -0.05) is 51.1 Å². The average Bonchev–Trinajstić information content (AvgIpc) is 3.30. The lowest BCUT2D eigenvalue weighted by molar-refractivity contribution is 0.0283. The molecule has 3 N–H and O–H groups in total. The molecule has 4 nitrogen and oxygen atoms in total. The van der Waals surface area contributed by atoms with Crippen LogP contribution in [0.25, 0.3) is 10.4 Å². The van der Waals surface area contributed by atoms with Crippen LogP contribution in [0.3, 0.4) is 0 Å². The van der Waals surface area contributed by atoms with E-state index in [2.05, 4.69) is 25.1 Å². The van der Waals surface area contributed by atoms with Crippen LogP contribution in [0, 0.1) is 0 Å². The molecule has 0 atom stereocenters. The molecule has 0 aliphatic rings. The molecule has 1 heterocycles. The number of rotatable bonds is 10. The molecular formula is C26H32O4S. The van der Waals surface area contributed by atoms with E-state index in [1.54, 1.807) is 11.3 Å². The monoisotopic (exact) mass is 440 g/mol. The van der Waals surface area contributed by atoms with E-state index < -0.39 is 5.60 Å². The van der Waals surface area contributed by atoms with Crippen LogP contribution in [0.5, 0.6) is 5.75 Å². The maximum absolute atomic E-state index is 10.9. The van der Waals surface area contributed by atoms with Gasteiger partial charge in [0.15, 0.2) is 0 Å². The molecule has 0 saturated carbocycles. The fourth-order valence-electron chi connectivity index (χ4n) is 3.85. The van der Waals surface area contributed by atoms with Gasteiger partial charge in [-0.05, 0) is 64.8 Å². The number of aryl methyl sites for hydroxylation is 1. The van der Waals surface area contributed by atoms with Crippen molar-refractivity contribution in [1.29, 1.82) is 0 Å². The first-order chi connectivity index (χ1) is 15.0. The van der Waals surface area contributed by atoms with Crippen molar-refractivity contribution >= 4 is 11.3 Å². The highest BCUT2D eigenvalue weighted by Gasteiger charge is 2.25. The van der Waals surface area contributed by atoms with Crippen LogP contribution in [0.1, 0.15) is 61.4 Å². The minimum Gasteiger partial charge on any atom is -0.488 e. The predicted octanol–water partition coefficient (Wildman–Crippen LogP) is 5.55. The summed E-state index contributed by atoms with van der Waals surface area (Å²) >= 11 is 1.65. The Labute approximate surface area is 188 Å². The fourth-order valence-corrected chi connectivity index (χ4v) is 4.74. The summed E-state index contributed by atoms with van der Waals surface area (Å²) in [6.45, 7) is 6.39. The molecule has 2 aromatic carbocycles. The topological polar surface area (TPSA) is 69.9 Å². The van der Waals surface area contributed by atoms with Crippen molar-refractivity contribution in [1.82, 2.24) is 0 Å². The Balaban J connectivity index is 1.77. The molecule has 0 aliphatic heterocycles. The van der Waals surface area contributed by atoms with Gasteiger partial charge in [-0.25, -0.2) is 0 Å². The van der Waals surface area contributed by atoms with Crippen LogP contribution in [0.4, 0.5) is 0 Å². The highest BCUT2D eigenvalue weighted by atomic mass is 32.1. The first-order valence-corrected chi connectivity index (χ1v) is 11.8. The zero-order chi connectivity index (χ0) is 22.4. The van der Waals surface area contributed by atoms with Crippen molar-refractivity contribution in [3.63, 3.8) is 0 Å². The number of benzene rings is 2. The van der Waals surface area contributed by atoms with Crippen molar-refractivity contribution in [3.8, 4) is 16.2 Å². The summed E-state index contributed by atoms with van der Waals surface area (Å²) in [5.74, 6) is 0.807. The largest absolute Gasteiger partial charge is 0.488 e. The Morgan fingerprint density at radius 3 is 2.26 bits per heavy atom. The van der Waals surface area contributed by atoms with Gasteiger partial charge in [-0.2, -0.15) is 0 Å². The van der Waals surface area contributed by atoms with Gasteiger partial charge in [-0.15, -0.1) is 11.3 Å². The molecular weight excluding hydrogens is 408 g/mol. The lowest BCUT2D eigenvalue weighted by atomic mass is 9.86. The molecule has 1 aromatic heterocycles. The number of hydrogen-bond acceptors (Lipinski definition) is 5. The second-order valence-corrected chi connectivity index (χ2v) is 8.73. The quantitative estimate of drug-likeness (QED) is 0.387. The van der Waals surface area contributed by atoms with Crippen LogP contribution < -0.4 is 4.74 Å². The molecule has 0 bridgehead atoms. The minimum atomic E-state index is -0.773. The third-order valence-corrected chi connectivity index (χ3v) is 6.99. The van der Waals surface area contributed by atoms with E-state index in [0.29, 0.717) is 19.4 Å². The Hall–Kier alpha value is -2.18. The van der Waals surface area contributed by atoms with Crippen LogP contribution in [-0.2, 0) is 31.8 Å². The summed E-state index contributed by atoms with van der Waals surface area (Å²) in [6, 6.07) is 14.0. The molecule has 0 fully saturated rings. The molecule has 3 rings (SSSR count). The van der Waals surface area contributed by atoms with E-state index in [1.807, 2.05) is 43.5 Å². The maximum atomic E-state index is 10.9. The summed E-state index contributed by atoms with van der Waals surface area (Å²) in [5.41, 5.74) is 5.02. The molecule has 0 spiro atoms. The van der Waals surface area contributed by atoms with Gasteiger partial charge in [0.1, 0.15) is 12.4 Å². The van der Waals surface area contributed by atoms with Crippen LogP contribution in [-0.4, -0.2) is 15.3 Å². The third kappa shape index (κ3) is 5.18. The Bertz CT molecular complexity index is 1000. The van der Waals surface area contributed by atoms with E-state index in [-0.39, 0.29) is 13.2 Å². The molecule has 166 valence electrons. The van der Waals surface area contributed by atoms with Crippen molar-refractivity contribution < 1.29 is 20.1 Å². The molecule has 5 heteroatoms. The van der Waals surface area contributed by atoms with Crippen LogP contribution >= 0.6 is 11.3 Å². The van der Waals surface area contributed by atoms with E-state index in [1.165, 1.54) is 11.1 Å². The van der Waals surface area contributed by atoms with Gasteiger partial charge in [0.25, 0.3) is 0 Å². The van der Waals surface area contributed by atoms with Crippen molar-refractivity contribution in [3.05, 3.63) is 75.7 Å². The van der Waals surface area contributed by atoms with E-state index in [9.17, 15) is 15.3 Å². The van der Waals surface area contributed by atoms with Crippen LogP contribution in [0.15, 0.2) is 47.8 Å². The molecule has 31 heavy (non-hydrogen) atoms. The average molecular weight is 441 g/mol. The van der Waals surface area contributed by atoms with Crippen molar-refractivity contribution in [2.24, 2.45) is 0 Å². The smallest absolute Gasteiger partial charge is 0.131 e. The summed E-state index contributed by atoms with van der Waals surface area (Å²) in [5, 5.41) is 31.7. The lowest BCUT2D eigenvalue weighted by Crippen LogP contribution is -2.23. The van der Waals surface area contributed by atoms with Crippen LogP contribution in [0.2, 0.25) is 0 Å². The number of thiophene rings is 1. The molecule has 0 aliphatic carbocycles. The second-order valence-electron chi connectivity index (χ2n) is 7.82. The molecule has 0 unspecified atom stereocenters. The van der Waals surface area contributed by atoms with Gasteiger partial charge in [0.05, 0.1) is 18.8 Å². The number of hydrogen-bond donors (Lipinski definition) is 3. The third-order valence-electron chi connectivity index (χ3n) is 6.05. The summed E-state index contributed by atoms with van der Waals surface area (Å²) < 4.78 is 5.98. The number of aliphatic hydroxyl groups is 3. The molecule has 0 radical (unpaired) electrons. The normalized spacial score (nSPS) is 11.7. The van der Waals surface area contributed by atoms with E-state index >= 15 is 0 Å². The summed E-state index contributed by atoms with van der Waals surface area (Å²) in [6.07, 6.45) is 2.28. The summed E-state index contributed by atoms with van der Waals surface area (Å²) in [7, 11) is 0. The fraction of sp³-hybridized carbons (Fsp3) is 0.385. The second kappa shape index (κ2) is 10.4. The minimum absolute atomic E-state index is 0.0859. The highest BCUT2D eigenvalue weighted by Crippen LogP contribution is 2.37. The first kappa shape index (κ1) is 23.5. The predicted molar refractivity (Wildman–Crippen MR) is 126 cm³/mol. The Kier molecular flexibility index (Phi) is 7.89. The number of ether oxygens (including phenoxy) is 1. The zero-order valence-electron chi connectivity index (χ0n) is 18.5. The van der Waals surface area contributed by atoms with Gasteiger partial charge in [-0.3, -0.25) is 0 Å². The van der Waals surface area contributed by atoms with Crippen molar-refractivity contribution in [2.45, 2.75) is 65.5 Å². The van der Waals surface area contributed by atoms with Gasteiger partial charge < -0.3 is 20.1 Å². The van der Waals surface area contributed by atoms with E-state index in [0.717, 1.165) is 39.3 Å². The number of aliphatic hydroxyl groups excluding tert-OH is 2. The standard InChI is InChI=1S/C26H32O4S/c1-4-19-12-22(26(29,5-2)6-3)9-10-24(19)25-13-23(17-31-25)30-16-18-7-8-20(14-27)21(11-18)15-28/h7-13,17,27-29H,4-6,14-16H2,1-3H3. The zero-order valence-corrected chi connectivity index (χ0v) is 19.3. The SMILES string of the molecule is CCc1cc(C(O)(CC)CC)ccc1-c1cc(OCc2ccc(CO)c(CO)c2)cs1. The molecule has 3 aromatic rings. The summed E-state index contributed by atoms with van der Waals surface area (Å²) in [4.78, 5) is 1.14. The van der Waals surface area contributed by atoms with Gasteiger partial charge in [0.2, 0.25) is 0 Å². The van der Waals surface area contributed by atoms with Gasteiger partial charge in [0, 0.05) is 10.3 Å². The molecule has 0 saturated heterocycles. The first-order valence-electron chi connectivity index (χ1n) is 10.9. The molecule has 0 amide bonds. The highest BCUT2D eigenvalue weighted by molar-refractivity contribution is 7.13.